The molecule has 2 N–H and O–H groups in total. The van der Waals surface area contributed by atoms with Gasteiger partial charge in [0.2, 0.25) is 0 Å². The van der Waals surface area contributed by atoms with Gasteiger partial charge in [-0.3, -0.25) is 9.88 Å². The molecule has 0 saturated carbocycles. The summed E-state index contributed by atoms with van der Waals surface area (Å²) in [5.74, 6) is 5.17. The average Bonchev–Trinajstić information content (AvgIpc) is 3.52. The predicted molar refractivity (Wildman–Crippen MR) is 154 cm³/mol. The number of phenolic OH excluding ortho intramolecular Hbond substituents is 1. The van der Waals surface area contributed by atoms with Crippen LogP contribution in [0.25, 0.3) is 32.9 Å². The minimum atomic E-state index is -0.661. The summed E-state index contributed by atoms with van der Waals surface area (Å²) in [6, 6.07) is 8.41. The third kappa shape index (κ3) is 4.33. The fourth-order valence-electron chi connectivity index (χ4n) is 6.46. The van der Waals surface area contributed by atoms with Crippen molar-refractivity contribution in [2.45, 2.75) is 43.8 Å². The number of anilines is 1. The van der Waals surface area contributed by atoms with Crippen molar-refractivity contribution < 1.29 is 13.9 Å². The molecule has 6 nitrogen and oxygen atoms in total. The molecule has 2 aromatic heterocycles. The maximum atomic E-state index is 16.5. The van der Waals surface area contributed by atoms with Gasteiger partial charge in [0.15, 0.2) is 5.82 Å². The van der Waals surface area contributed by atoms with Crippen LogP contribution in [0.1, 0.15) is 31.4 Å². The monoisotopic (exact) mass is 559 g/mol. The van der Waals surface area contributed by atoms with E-state index in [0.29, 0.717) is 28.6 Å². The zero-order valence-corrected chi connectivity index (χ0v) is 22.8. The van der Waals surface area contributed by atoms with Crippen molar-refractivity contribution in [3.8, 4) is 28.8 Å². The maximum absolute atomic E-state index is 16.5. The lowest BCUT2D eigenvalue weighted by Crippen LogP contribution is -2.51. The number of aromatic nitrogens is 2. The molecule has 5 heterocycles. The maximum Gasteiger partial charge on any atom is 0.175 e. The summed E-state index contributed by atoms with van der Waals surface area (Å²) in [4.78, 5) is 13.7. The van der Waals surface area contributed by atoms with E-state index in [2.05, 4.69) is 44.0 Å². The standard InChI is InChI=1S/C31H28ClF2N5O/c1-38-10-2-3-21(38)8-7-18-12-26(39-15-19-5-6-20(16-39)36-19)24-14-35-30(29(34)31(24)37-18)23-13-22(40)11-17-4-9-25(33)28(32)27(17)23/h4,9,11-14,19-21,36,40H,2-3,5-6,10,15-16H2,1H3. The lowest BCUT2D eigenvalue weighted by atomic mass is 9.99. The minimum Gasteiger partial charge on any atom is -0.508 e. The van der Waals surface area contributed by atoms with Crippen molar-refractivity contribution in [2.75, 3.05) is 31.6 Å². The third-order valence-electron chi connectivity index (χ3n) is 8.47. The topological polar surface area (TPSA) is 64.5 Å². The fourth-order valence-corrected chi connectivity index (χ4v) is 6.73. The summed E-state index contributed by atoms with van der Waals surface area (Å²) in [5, 5.41) is 15.3. The van der Waals surface area contributed by atoms with Gasteiger partial charge >= 0.3 is 0 Å². The van der Waals surface area contributed by atoms with Crippen molar-refractivity contribution in [2.24, 2.45) is 0 Å². The molecule has 2 aromatic carbocycles. The smallest absolute Gasteiger partial charge is 0.175 e. The van der Waals surface area contributed by atoms with Gasteiger partial charge in [0.25, 0.3) is 0 Å². The van der Waals surface area contributed by atoms with E-state index in [1.165, 1.54) is 24.3 Å². The van der Waals surface area contributed by atoms with Gasteiger partial charge < -0.3 is 15.3 Å². The summed E-state index contributed by atoms with van der Waals surface area (Å²) in [7, 11) is 2.06. The lowest BCUT2D eigenvalue weighted by molar-refractivity contribution is 0.365. The highest BCUT2D eigenvalue weighted by atomic mass is 35.5. The first-order valence-electron chi connectivity index (χ1n) is 13.7. The van der Waals surface area contributed by atoms with Crippen LogP contribution < -0.4 is 10.2 Å². The van der Waals surface area contributed by atoms with E-state index in [0.717, 1.165) is 51.0 Å². The van der Waals surface area contributed by atoms with Crippen LogP contribution >= 0.6 is 11.6 Å². The van der Waals surface area contributed by atoms with E-state index < -0.39 is 11.6 Å². The molecule has 9 heteroatoms. The molecule has 2 bridgehead atoms. The fraction of sp³-hybridized carbons (Fsp3) is 0.355. The van der Waals surface area contributed by atoms with E-state index in [1.807, 2.05) is 6.07 Å². The third-order valence-corrected chi connectivity index (χ3v) is 8.84. The summed E-state index contributed by atoms with van der Waals surface area (Å²) in [5.41, 5.74) is 1.64. The SMILES string of the molecule is CN1CCCC1C#Cc1cc(N2CC3CCC(C2)N3)c2cnc(-c3cc(O)cc4ccc(F)c(Cl)c34)c(F)c2n1. The number of hydrogen-bond acceptors (Lipinski definition) is 6. The van der Waals surface area contributed by atoms with Crippen LogP contribution in [0.2, 0.25) is 5.02 Å². The molecule has 0 amide bonds. The Balaban J connectivity index is 1.43. The van der Waals surface area contributed by atoms with Gasteiger partial charge in [0, 0.05) is 47.7 Å². The quantitative estimate of drug-likeness (QED) is 0.317. The Bertz CT molecular complexity index is 1720. The van der Waals surface area contributed by atoms with Crippen molar-refractivity contribution in [1.82, 2.24) is 20.2 Å². The van der Waals surface area contributed by atoms with Crippen molar-refractivity contribution in [3.63, 3.8) is 0 Å². The Kier molecular flexibility index (Phi) is 6.26. The highest BCUT2D eigenvalue weighted by Gasteiger charge is 2.33. The molecule has 0 radical (unpaired) electrons. The molecule has 204 valence electrons. The molecule has 3 aliphatic rings. The number of nitrogens with one attached hydrogen (secondary N) is 1. The van der Waals surface area contributed by atoms with E-state index in [4.69, 9.17) is 11.6 Å². The second-order valence-electron chi connectivity index (χ2n) is 11.1. The first-order valence-corrected chi connectivity index (χ1v) is 14.1. The van der Waals surface area contributed by atoms with Gasteiger partial charge in [-0.05, 0) is 74.8 Å². The van der Waals surface area contributed by atoms with Crippen LogP contribution in [-0.4, -0.2) is 64.8 Å². The molecule has 40 heavy (non-hydrogen) atoms. The van der Waals surface area contributed by atoms with Crippen LogP contribution in [0.3, 0.4) is 0 Å². The minimum absolute atomic E-state index is 0.0552. The van der Waals surface area contributed by atoms with Gasteiger partial charge in [-0.25, -0.2) is 13.8 Å². The molecule has 3 atom stereocenters. The molecule has 3 unspecified atom stereocenters. The highest BCUT2D eigenvalue weighted by molar-refractivity contribution is 6.37. The van der Waals surface area contributed by atoms with Crippen LogP contribution in [0.4, 0.5) is 14.5 Å². The zero-order valence-electron chi connectivity index (χ0n) is 22.0. The highest BCUT2D eigenvalue weighted by Crippen LogP contribution is 2.40. The normalized spacial score (nSPS) is 22.7. The van der Waals surface area contributed by atoms with Crippen molar-refractivity contribution in [1.29, 1.82) is 0 Å². The zero-order chi connectivity index (χ0) is 27.5. The number of phenols is 1. The molecule has 3 fully saturated rings. The Morgan fingerprint density at radius 1 is 1.10 bits per heavy atom. The predicted octanol–water partition coefficient (Wildman–Crippen LogP) is 5.47. The molecule has 3 aliphatic heterocycles. The first-order chi connectivity index (χ1) is 19.4. The lowest BCUT2D eigenvalue weighted by Gasteiger charge is -2.35. The Hall–Kier alpha value is -3.51. The number of benzene rings is 2. The molecular formula is C31H28ClF2N5O. The molecule has 3 saturated heterocycles. The second-order valence-corrected chi connectivity index (χ2v) is 11.5. The Labute approximate surface area is 236 Å². The van der Waals surface area contributed by atoms with Crippen LogP contribution in [0.5, 0.6) is 5.75 Å². The number of likely N-dealkylation sites (tertiary alicyclic amines) is 1. The number of fused-ring (bicyclic) bond motifs is 4. The van der Waals surface area contributed by atoms with E-state index in [-0.39, 0.29) is 39.0 Å². The van der Waals surface area contributed by atoms with Crippen LogP contribution in [0.15, 0.2) is 36.5 Å². The van der Waals surface area contributed by atoms with Gasteiger partial charge in [0.1, 0.15) is 28.5 Å². The number of rotatable bonds is 2. The number of aromatic hydroxyl groups is 1. The first kappa shape index (κ1) is 25.5. The van der Waals surface area contributed by atoms with Gasteiger partial charge in [0.05, 0.1) is 16.8 Å². The largest absolute Gasteiger partial charge is 0.508 e. The molecule has 0 spiro atoms. The van der Waals surface area contributed by atoms with E-state index in [9.17, 15) is 9.50 Å². The second kappa shape index (κ2) is 9.84. The van der Waals surface area contributed by atoms with E-state index in [1.54, 1.807) is 6.20 Å². The number of nitrogens with zero attached hydrogens (tertiary/aromatic N) is 4. The van der Waals surface area contributed by atoms with Gasteiger partial charge in [-0.15, -0.1) is 0 Å². The van der Waals surface area contributed by atoms with Crippen molar-refractivity contribution >= 4 is 39.0 Å². The number of hydrogen-bond donors (Lipinski definition) is 2. The number of halogens is 3. The number of pyridine rings is 2. The molecule has 4 aromatic rings. The van der Waals surface area contributed by atoms with Gasteiger partial charge in [-0.1, -0.05) is 23.6 Å². The van der Waals surface area contributed by atoms with Crippen LogP contribution in [0, 0.1) is 23.5 Å². The summed E-state index contributed by atoms with van der Waals surface area (Å²) in [6.07, 6.45) is 5.94. The van der Waals surface area contributed by atoms with Gasteiger partial charge in [-0.2, -0.15) is 0 Å². The van der Waals surface area contributed by atoms with Crippen LogP contribution in [-0.2, 0) is 0 Å². The summed E-state index contributed by atoms with van der Waals surface area (Å²) < 4.78 is 31.0. The summed E-state index contributed by atoms with van der Waals surface area (Å²) in [6.45, 7) is 2.62. The molecular weight excluding hydrogens is 532 g/mol. The molecule has 7 rings (SSSR count). The summed E-state index contributed by atoms with van der Waals surface area (Å²) >= 11 is 6.35. The average molecular weight is 560 g/mol. The Morgan fingerprint density at radius 2 is 1.90 bits per heavy atom. The molecule has 0 aliphatic carbocycles. The number of piperazine rings is 1. The van der Waals surface area contributed by atoms with Crippen molar-refractivity contribution in [3.05, 3.63) is 58.9 Å². The Morgan fingerprint density at radius 3 is 2.65 bits per heavy atom. The van der Waals surface area contributed by atoms with E-state index >= 15 is 4.39 Å².